The number of carbonyl (C=O) groups excluding carboxylic acids is 2. The van der Waals surface area contributed by atoms with Gasteiger partial charge < -0.3 is 15.5 Å². The highest BCUT2D eigenvalue weighted by Crippen LogP contribution is 2.32. The van der Waals surface area contributed by atoms with Crippen LogP contribution in [-0.4, -0.2) is 43.8 Å². The molecule has 0 aromatic heterocycles. The van der Waals surface area contributed by atoms with E-state index < -0.39 is 23.4 Å². The van der Waals surface area contributed by atoms with Gasteiger partial charge in [0.15, 0.2) is 0 Å². The van der Waals surface area contributed by atoms with Crippen LogP contribution in [0.2, 0.25) is 0 Å². The van der Waals surface area contributed by atoms with Gasteiger partial charge in [0.25, 0.3) is 5.91 Å². The van der Waals surface area contributed by atoms with Crippen molar-refractivity contribution >= 4 is 57.8 Å². The van der Waals surface area contributed by atoms with E-state index >= 15 is 0 Å². The van der Waals surface area contributed by atoms with E-state index in [-0.39, 0.29) is 34.4 Å². The summed E-state index contributed by atoms with van der Waals surface area (Å²) < 4.78 is 13.6. The van der Waals surface area contributed by atoms with Crippen LogP contribution in [0.3, 0.4) is 0 Å². The number of phenols is 1. The standard InChI is InChI=1S/C20H15FN2O5S2/c21-12-3-1-2-11(8-12)9-16-18(26)23(20(29)30-16)7-6-17(25)22-13-4-5-15(24)14(10-13)19(27)28/h1-5,8-10,24H,6-7H2,(H,22,25)(H,27,28)/b16-9-. The van der Waals surface area contributed by atoms with Gasteiger partial charge in [-0.2, -0.15) is 0 Å². The number of carboxylic acids is 1. The number of thiocarbonyl (C=S) groups is 1. The van der Waals surface area contributed by atoms with Crippen molar-refractivity contribution in [2.75, 3.05) is 11.9 Å². The predicted molar refractivity (Wildman–Crippen MR) is 115 cm³/mol. The quantitative estimate of drug-likeness (QED) is 0.354. The first-order valence-electron chi connectivity index (χ1n) is 8.61. The third kappa shape index (κ3) is 5.02. The lowest BCUT2D eigenvalue weighted by atomic mass is 10.1. The van der Waals surface area contributed by atoms with E-state index in [1.165, 1.54) is 35.2 Å². The van der Waals surface area contributed by atoms with Gasteiger partial charge in [0, 0.05) is 18.7 Å². The highest BCUT2D eigenvalue weighted by Gasteiger charge is 2.32. The zero-order valence-corrected chi connectivity index (χ0v) is 16.9. The zero-order valence-electron chi connectivity index (χ0n) is 15.3. The number of carboxylic acid groups (broad SMARTS) is 1. The lowest BCUT2D eigenvalue weighted by molar-refractivity contribution is -0.122. The van der Waals surface area contributed by atoms with Gasteiger partial charge in [-0.1, -0.05) is 36.1 Å². The Labute approximate surface area is 180 Å². The molecule has 1 aliphatic heterocycles. The van der Waals surface area contributed by atoms with Crippen molar-refractivity contribution in [1.29, 1.82) is 0 Å². The maximum Gasteiger partial charge on any atom is 0.339 e. The SMILES string of the molecule is O=C(CCN1C(=O)/C(=C/c2cccc(F)c2)SC1=S)Nc1ccc(O)c(C(=O)O)c1. The van der Waals surface area contributed by atoms with Crippen LogP contribution in [-0.2, 0) is 9.59 Å². The van der Waals surface area contributed by atoms with Crippen LogP contribution in [0.5, 0.6) is 5.75 Å². The predicted octanol–water partition coefficient (Wildman–Crippen LogP) is 3.46. The van der Waals surface area contributed by atoms with E-state index in [2.05, 4.69) is 5.32 Å². The molecule has 10 heteroatoms. The van der Waals surface area contributed by atoms with Crippen LogP contribution >= 0.6 is 24.0 Å². The minimum atomic E-state index is -1.33. The second kappa shape index (κ2) is 9.06. The fraction of sp³-hybridized carbons (Fsp3) is 0.100. The maximum atomic E-state index is 13.3. The fourth-order valence-electron chi connectivity index (χ4n) is 2.66. The summed E-state index contributed by atoms with van der Waals surface area (Å²) in [5.74, 6) is -2.99. The van der Waals surface area contributed by atoms with Gasteiger partial charge >= 0.3 is 5.97 Å². The number of thioether (sulfide) groups is 1. The van der Waals surface area contributed by atoms with Crippen molar-refractivity contribution in [3.8, 4) is 5.75 Å². The molecular weight excluding hydrogens is 431 g/mol. The second-order valence-electron chi connectivity index (χ2n) is 6.22. The van der Waals surface area contributed by atoms with E-state index in [1.54, 1.807) is 6.07 Å². The van der Waals surface area contributed by atoms with E-state index in [0.717, 1.165) is 23.9 Å². The van der Waals surface area contributed by atoms with Crippen molar-refractivity contribution in [3.05, 3.63) is 64.3 Å². The van der Waals surface area contributed by atoms with Crippen LogP contribution < -0.4 is 5.32 Å². The van der Waals surface area contributed by atoms with Gasteiger partial charge in [-0.05, 0) is 42.0 Å². The molecule has 2 aromatic carbocycles. The van der Waals surface area contributed by atoms with Crippen LogP contribution in [0.25, 0.3) is 6.08 Å². The summed E-state index contributed by atoms with van der Waals surface area (Å²) in [6, 6.07) is 9.45. The molecule has 3 rings (SSSR count). The molecule has 0 atom stereocenters. The van der Waals surface area contributed by atoms with Crippen molar-refractivity contribution in [3.63, 3.8) is 0 Å². The lowest BCUT2D eigenvalue weighted by Gasteiger charge is -2.14. The molecule has 2 aromatic rings. The minimum Gasteiger partial charge on any atom is -0.507 e. The Morgan fingerprint density at radius 2 is 2.00 bits per heavy atom. The van der Waals surface area contributed by atoms with Gasteiger partial charge in [-0.25, -0.2) is 9.18 Å². The van der Waals surface area contributed by atoms with Gasteiger partial charge in [-0.15, -0.1) is 0 Å². The average molecular weight is 446 g/mol. The molecule has 0 radical (unpaired) electrons. The summed E-state index contributed by atoms with van der Waals surface area (Å²) >= 11 is 6.27. The molecule has 0 bridgehead atoms. The molecule has 1 aliphatic rings. The Balaban J connectivity index is 1.62. The molecule has 0 aliphatic carbocycles. The topological polar surface area (TPSA) is 107 Å². The molecule has 0 saturated carbocycles. The Hall–Kier alpha value is -3.24. The number of benzene rings is 2. The number of halogens is 1. The molecule has 0 spiro atoms. The summed E-state index contributed by atoms with van der Waals surface area (Å²) in [5, 5.41) is 21.0. The molecule has 1 heterocycles. The Bertz CT molecular complexity index is 1090. The van der Waals surface area contributed by atoms with Crippen LogP contribution in [0.15, 0.2) is 47.4 Å². The number of nitrogens with one attached hydrogen (secondary N) is 1. The van der Waals surface area contributed by atoms with E-state index in [0.29, 0.717) is 10.5 Å². The number of aromatic hydroxyl groups is 1. The summed E-state index contributed by atoms with van der Waals surface area (Å²) in [6.07, 6.45) is 1.45. The smallest absolute Gasteiger partial charge is 0.339 e. The number of aromatic carboxylic acids is 1. The lowest BCUT2D eigenvalue weighted by Crippen LogP contribution is -2.31. The van der Waals surface area contributed by atoms with Crippen molar-refractivity contribution in [1.82, 2.24) is 4.90 Å². The van der Waals surface area contributed by atoms with Gasteiger partial charge in [-0.3, -0.25) is 14.5 Å². The molecule has 0 unspecified atom stereocenters. The minimum absolute atomic E-state index is 0.0286. The number of carbonyl (C=O) groups is 3. The molecule has 1 fully saturated rings. The molecular formula is C20H15FN2O5S2. The van der Waals surface area contributed by atoms with Crippen molar-refractivity contribution in [2.24, 2.45) is 0 Å². The molecule has 1 saturated heterocycles. The van der Waals surface area contributed by atoms with Crippen molar-refractivity contribution in [2.45, 2.75) is 6.42 Å². The Morgan fingerprint density at radius 3 is 2.70 bits per heavy atom. The fourth-order valence-corrected chi connectivity index (χ4v) is 3.97. The van der Waals surface area contributed by atoms with E-state index in [4.69, 9.17) is 17.3 Å². The number of hydrogen-bond acceptors (Lipinski definition) is 6. The van der Waals surface area contributed by atoms with Crippen LogP contribution in [0.4, 0.5) is 10.1 Å². The van der Waals surface area contributed by atoms with E-state index in [9.17, 15) is 23.9 Å². The summed E-state index contributed by atoms with van der Waals surface area (Å²) in [5.41, 5.74) is 0.383. The first-order chi connectivity index (χ1) is 14.2. The molecule has 154 valence electrons. The highest BCUT2D eigenvalue weighted by molar-refractivity contribution is 8.26. The normalized spacial score (nSPS) is 15.0. The zero-order chi connectivity index (χ0) is 21.8. The second-order valence-corrected chi connectivity index (χ2v) is 7.90. The van der Waals surface area contributed by atoms with Crippen molar-refractivity contribution < 1.29 is 29.0 Å². The van der Waals surface area contributed by atoms with E-state index in [1.807, 2.05) is 0 Å². The van der Waals surface area contributed by atoms with Gasteiger partial charge in [0.1, 0.15) is 21.5 Å². The monoisotopic (exact) mass is 446 g/mol. The molecule has 7 nitrogen and oxygen atoms in total. The summed E-state index contributed by atoms with van der Waals surface area (Å²) in [7, 11) is 0. The molecule has 3 N–H and O–H groups in total. The number of hydrogen-bond donors (Lipinski definition) is 3. The van der Waals surface area contributed by atoms with Gasteiger partial charge in [0.2, 0.25) is 5.91 Å². The number of amides is 2. The summed E-state index contributed by atoms with van der Waals surface area (Å²) in [4.78, 5) is 37.4. The third-order valence-electron chi connectivity index (χ3n) is 4.09. The maximum absolute atomic E-state index is 13.3. The number of rotatable bonds is 6. The number of nitrogens with zero attached hydrogens (tertiary/aromatic N) is 1. The largest absolute Gasteiger partial charge is 0.507 e. The molecule has 30 heavy (non-hydrogen) atoms. The van der Waals surface area contributed by atoms with Crippen LogP contribution in [0.1, 0.15) is 22.3 Å². The van der Waals surface area contributed by atoms with Crippen LogP contribution in [0, 0.1) is 5.82 Å². The number of anilines is 1. The Kier molecular flexibility index (Phi) is 6.48. The first-order valence-corrected chi connectivity index (χ1v) is 9.84. The third-order valence-corrected chi connectivity index (χ3v) is 5.47. The summed E-state index contributed by atoms with van der Waals surface area (Å²) in [6.45, 7) is 0.0286. The molecule has 2 amide bonds. The highest BCUT2D eigenvalue weighted by atomic mass is 32.2. The Morgan fingerprint density at radius 1 is 1.23 bits per heavy atom. The first kappa shape index (κ1) is 21.5. The van der Waals surface area contributed by atoms with Gasteiger partial charge in [0.05, 0.1) is 4.91 Å². The average Bonchev–Trinajstić information content (AvgIpc) is 2.94.